The number of fused-ring (bicyclic) bond motifs is 1. The standard InChI is InChI=1S/C26H24N2O3S2/c1-4-14-28-24(29)22-21(20-12-10-17(2)11-13-20)16-32-23(22)27-26(28)33-18(3)25(30)31-15-19-8-6-5-7-9-19/h4-13,16,18H,1,14-15H2,2-3H3. The van der Waals surface area contributed by atoms with Crippen molar-refractivity contribution >= 4 is 39.3 Å². The summed E-state index contributed by atoms with van der Waals surface area (Å²) in [6.45, 7) is 8.10. The van der Waals surface area contributed by atoms with E-state index >= 15 is 0 Å². The molecule has 0 aliphatic heterocycles. The van der Waals surface area contributed by atoms with Crippen LogP contribution in [0.25, 0.3) is 21.3 Å². The Morgan fingerprint density at radius 1 is 1.21 bits per heavy atom. The zero-order valence-electron chi connectivity index (χ0n) is 18.5. The van der Waals surface area contributed by atoms with Crippen LogP contribution in [0, 0.1) is 6.92 Å². The summed E-state index contributed by atoms with van der Waals surface area (Å²) >= 11 is 2.66. The molecule has 0 fully saturated rings. The van der Waals surface area contributed by atoms with E-state index in [1.54, 1.807) is 17.6 Å². The van der Waals surface area contributed by atoms with Gasteiger partial charge in [-0.1, -0.05) is 78.0 Å². The summed E-state index contributed by atoms with van der Waals surface area (Å²) in [6.07, 6.45) is 1.66. The number of thioether (sulfide) groups is 1. The predicted molar refractivity (Wildman–Crippen MR) is 136 cm³/mol. The lowest BCUT2D eigenvalue weighted by Crippen LogP contribution is -2.25. The van der Waals surface area contributed by atoms with E-state index < -0.39 is 5.25 Å². The van der Waals surface area contributed by atoms with Crippen LogP contribution in [0.3, 0.4) is 0 Å². The van der Waals surface area contributed by atoms with Gasteiger partial charge < -0.3 is 4.74 Å². The number of hydrogen-bond donors (Lipinski definition) is 0. The van der Waals surface area contributed by atoms with Gasteiger partial charge in [0.05, 0.1) is 5.39 Å². The van der Waals surface area contributed by atoms with Crippen LogP contribution in [-0.4, -0.2) is 20.8 Å². The molecule has 1 unspecified atom stereocenters. The SMILES string of the molecule is C=CCn1c(SC(C)C(=O)OCc2ccccc2)nc2scc(-c3ccc(C)cc3)c2c1=O. The number of thiophene rings is 1. The molecular formula is C26H24N2O3S2. The van der Waals surface area contributed by atoms with Crippen molar-refractivity contribution < 1.29 is 9.53 Å². The van der Waals surface area contributed by atoms with E-state index in [0.717, 1.165) is 22.3 Å². The number of esters is 1. The normalized spacial score (nSPS) is 11.9. The third kappa shape index (κ3) is 5.10. The van der Waals surface area contributed by atoms with Gasteiger partial charge in [0, 0.05) is 17.5 Å². The minimum atomic E-state index is -0.523. The molecule has 0 bridgehead atoms. The number of allylic oxidation sites excluding steroid dienone is 1. The third-order valence-corrected chi connectivity index (χ3v) is 7.11. The Balaban J connectivity index is 1.62. The molecule has 168 valence electrons. The average Bonchev–Trinajstić information content (AvgIpc) is 3.25. The first-order chi connectivity index (χ1) is 16.0. The summed E-state index contributed by atoms with van der Waals surface area (Å²) in [5, 5.41) is 2.52. The topological polar surface area (TPSA) is 61.2 Å². The van der Waals surface area contributed by atoms with Crippen LogP contribution in [0.4, 0.5) is 0 Å². The Kier molecular flexibility index (Phi) is 7.11. The van der Waals surface area contributed by atoms with Crippen LogP contribution in [0.5, 0.6) is 0 Å². The van der Waals surface area contributed by atoms with Gasteiger partial charge in [0.25, 0.3) is 5.56 Å². The molecule has 0 spiro atoms. The van der Waals surface area contributed by atoms with E-state index in [0.29, 0.717) is 21.9 Å². The third-order valence-electron chi connectivity index (χ3n) is 5.17. The van der Waals surface area contributed by atoms with Crippen LogP contribution >= 0.6 is 23.1 Å². The summed E-state index contributed by atoms with van der Waals surface area (Å²) in [5.41, 5.74) is 3.80. The van der Waals surface area contributed by atoms with Gasteiger partial charge in [-0.15, -0.1) is 17.9 Å². The first-order valence-electron chi connectivity index (χ1n) is 10.5. The van der Waals surface area contributed by atoms with Crippen LogP contribution in [0.2, 0.25) is 0 Å². The fourth-order valence-corrected chi connectivity index (χ4v) is 5.29. The number of hydrogen-bond acceptors (Lipinski definition) is 6. The zero-order chi connectivity index (χ0) is 23.4. The molecule has 0 amide bonds. The van der Waals surface area contributed by atoms with Crippen molar-refractivity contribution in [2.45, 2.75) is 37.4 Å². The molecule has 2 aromatic carbocycles. The minimum Gasteiger partial charge on any atom is -0.460 e. The fourth-order valence-electron chi connectivity index (χ4n) is 3.38. The number of ether oxygens (including phenoxy) is 1. The van der Waals surface area contributed by atoms with Gasteiger partial charge in [-0.3, -0.25) is 14.2 Å². The summed E-state index contributed by atoms with van der Waals surface area (Å²) in [6, 6.07) is 17.6. The Bertz CT molecular complexity index is 1340. The lowest BCUT2D eigenvalue weighted by atomic mass is 10.1. The highest BCUT2D eigenvalue weighted by Gasteiger charge is 2.22. The van der Waals surface area contributed by atoms with E-state index in [1.165, 1.54) is 23.1 Å². The maximum Gasteiger partial charge on any atom is 0.319 e. The predicted octanol–water partition coefficient (Wildman–Crippen LogP) is 5.84. The second-order valence-corrected chi connectivity index (χ2v) is 9.81. The lowest BCUT2D eigenvalue weighted by molar-refractivity contribution is -0.143. The molecule has 2 aromatic heterocycles. The highest BCUT2D eigenvalue weighted by Crippen LogP contribution is 2.33. The molecule has 4 rings (SSSR count). The van der Waals surface area contributed by atoms with Crippen LogP contribution in [-0.2, 0) is 22.7 Å². The smallest absolute Gasteiger partial charge is 0.319 e. The summed E-state index contributed by atoms with van der Waals surface area (Å²) in [4.78, 5) is 31.5. The van der Waals surface area contributed by atoms with Crippen molar-refractivity contribution in [3.05, 3.63) is 94.1 Å². The minimum absolute atomic E-state index is 0.135. The molecule has 4 aromatic rings. The Morgan fingerprint density at radius 2 is 1.94 bits per heavy atom. The second kappa shape index (κ2) is 10.2. The van der Waals surface area contributed by atoms with Gasteiger partial charge in [0.2, 0.25) is 0 Å². The van der Waals surface area contributed by atoms with E-state index in [4.69, 9.17) is 9.72 Å². The van der Waals surface area contributed by atoms with E-state index in [2.05, 4.69) is 6.58 Å². The molecule has 0 saturated heterocycles. The molecule has 0 N–H and O–H groups in total. The molecule has 2 heterocycles. The van der Waals surface area contributed by atoms with E-state index in [1.807, 2.05) is 66.9 Å². The molecule has 7 heteroatoms. The van der Waals surface area contributed by atoms with Gasteiger partial charge in [-0.2, -0.15) is 0 Å². The molecule has 1 atom stereocenters. The van der Waals surface area contributed by atoms with Crippen molar-refractivity contribution in [1.82, 2.24) is 9.55 Å². The molecule has 0 radical (unpaired) electrons. The molecule has 33 heavy (non-hydrogen) atoms. The van der Waals surface area contributed by atoms with E-state index in [-0.39, 0.29) is 18.1 Å². The largest absolute Gasteiger partial charge is 0.460 e. The van der Waals surface area contributed by atoms with Gasteiger partial charge >= 0.3 is 5.97 Å². The summed E-state index contributed by atoms with van der Waals surface area (Å²) in [5.74, 6) is -0.352. The molecule has 5 nitrogen and oxygen atoms in total. The number of nitrogens with zero attached hydrogens (tertiary/aromatic N) is 2. The van der Waals surface area contributed by atoms with Crippen LogP contribution in [0.15, 0.2) is 82.6 Å². The maximum absolute atomic E-state index is 13.5. The highest BCUT2D eigenvalue weighted by molar-refractivity contribution is 8.00. The average molecular weight is 477 g/mol. The Hall–Kier alpha value is -3.16. The number of benzene rings is 2. The fraction of sp³-hybridized carbons (Fsp3) is 0.192. The number of aryl methyl sites for hydroxylation is 1. The van der Waals surface area contributed by atoms with Crippen LogP contribution < -0.4 is 5.56 Å². The lowest BCUT2D eigenvalue weighted by Gasteiger charge is -2.14. The molecule has 0 aliphatic rings. The number of carbonyl (C=O) groups excluding carboxylic acids is 1. The van der Waals surface area contributed by atoms with Crippen molar-refractivity contribution in [3.63, 3.8) is 0 Å². The van der Waals surface area contributed by atoms with Crippen molar-refractivity contribution in [2.24, 2.45) is 0 Å². The summed E-state index contributed by atoms with van der Waals surface area (Å²) < 4.78 is 7.03. The van der Waals surface area contributed by atoms with Gasteiger partial charge in [-0.05, 0) is 25.0 Å². The molecular weight excluding hydrogens is 452 g/mol. The number of aromatic nitrogens is 2. The first-order valence-corrected chi connectivity index (χ1v) is 12.3. The summed E-state index contributed by atoms with van der Waals surface area (Å²) in [7, 11) is 0. The molecule has 0 aliphatic carbocycles. The van der Waals surface area contributed by atoms with E-state index in [9.17, 15) is 9.59 Å². The number of rotatable bonds is 8. The maximum atomic E-state index is 13.5. The Morgan fingerprint density at radius 3 is 2.64 bits per heavy atom. The molecule has 0 saturated carbocycles. The van der Waals surface area contributed by atoms with Gasteiger partial charge in [0.15, 0.2) is 5.16 Å². The van der Waals surface area contributed by atoms with Gasteiger partial charge in [0.1, 0.15) is 16.7 Å². The van der Waals surface area contributed by atoms with Crippen LogP contribution in [0.1, 0.15) is 18.1 Å². The Labute approximate surface area is 200 Å². The van der Waals surface area contributed by atoms with Gasteiger partial charge in [-0.25, -0.2) is 4.98 Å². The van der Waals surface area contributed by atoms with Crippen molar-refractivity contribution in [2.75, 3.05) is 0 Å². The quantitative estimate of drug-likeness (QED) is 0.138. The monoisotopic (exact) mass is 476 g/mol. The number of carbonyl (C=O) groups is 1. The zero-order valence-corrected chi connectivity index (χ0v) is 20.1. The van der Waals surface area contributed by atoms with Crippen molar-refractivity contribution in [3.8, 4) is 11.1 Å². The first kappa shape index (κ1) is 23.0. The van der Waals surface area contributed by atoms with Crippen molar-refractivity contribution in [1.29, 1.82) is 0 Å². The second-order valence-electron chi connectivity index (χ2n) is 7.65. The highest BCUT2D eigenvalue weighted by atomic mass is 32.2.